The summed E-state index contributed by atoms with van der Waals surface area (Å²) < 4.78 is 5.26. The van der Waals surface area contributed by atoms with E-state index in [2.05, 4.69) is 54.5 Å². The molecule has 0 amide bonds. The van der Waals surface area contributed by atoms with Crippen LogP contribution in [0.2, 0.25) is 0 Å². The fourth-order valence-corrected chi connectivity index (χ4v) is 10.9. The van der Waals surface area contributed by atoms with E-state index >= 15 is 0 Å². The quantitative estimate of drug-likeness (QED) is 0.472. The van der Waals surface area contributed by atoms with E-state index in [0.717, 1.165) is 51.4 Å². The fourth-order valence-electron chi connectivity index (χ4n) is 10.9. The number of ketones is 1. The summed E-state index contributed by atoms with van der Waals surface area (Å²) in [5.74, 6) is 0.762. The summed E-state index contributed by atoms with van der Waals surface area (Å²) in [6, 6.07) is -0.141. The van der Waals surface area contributed by atoms with Gasteiger partial charge in [-0.3, -0.25) is 9.59 Å². The van der Waals surface area contributed by atoms with Gasteiger partial charge >= 0.3 is 5.97 Å². The predicted molar refractivity (Wildman–Crippen MR) is 143 cm³/mol. The molecule has 5 aliphatic rings. The number of carbonyl (C=O) groups is 2. The molecule has 5 aliphatic carbocycles. The zero-order chi connectivity index (χ0) is 26.7. The van der Waals surface area contributed by atoms with Gasteiger partial charge in [0, 0.05) is 18.0 Å². The van der Waals surface area contributed by atoms with Crippen molar-refractivity contribution in [2.45, 2.75) is 112 Å². The Labute approximate surface area is 218 Å². The van der Waals surface area contributed by atoms with Crippen molar-refractivity contribution in [2.75, 3.05) is 7.11 Å². The molecule has 4 N–H and O–H groups in total. The van der Waals surface area contributed by atoms with Crippen molar-refractivity contribution in [1.29, 1.82) is 0 Å². The normalized spacial score (nSPS) is 53.8. The minimum Gasteiger partial charge on any atom is -0.469 e. The number of rotatable bonds is 1. The average molecular weight is 499 g/mol. The first kappa shape index (κ1) is 26.4. The van der Waals surface area contributed by atoms with Gasteiger partial charge in [0.2, 0.25) is 0 Å². The van der Waals surface area contributed by atoms with Crippen molar-refractivity contribution in [3.05, 3.63) is 11.6 Å². The lowest BCUT2D eigenvalue weighted by Gasteiger charge is -2.71. The highest BCUT2D eigenvalue weighted by Gasteiger charge is 2.70. The third kappa shape index (κ3) is 3.08. The molecular formula is C31H50N2O3. The van der Waals surface area contributed by atoms with Crippen molar-refractivity contribution in [3.63, 3.8) is 0 Å². The Bertz CT molecular complexity index is 1020. The van der Waals surface area contributed by atoms with Gasteiger partial charge in [0.05, 0.1) is 12.5 Å². The molecule has 0 unspecified atom stereocenters. The number of methoxy groups -OCH3 is 1. The van der Waals surface area contributed by atoms with Crippen molar-refractivity contribution >= 4 is 11.8 Å². The molecular weight excluding hydrogens is 448 g/mol. The van der Waals surface area contributed by atoms with E-state index < -0.39 is 5.41 Å². The molecule has 0 aromatic rings. The Balaban J connectivity index is 1.62. The summed E-state index contributed by atoms with van der Waals surface area (Å²) in [5, 5.41) is 0. The second kappa shape index (κ2) is 7.68. The number of hydrogen-bond donors (Lipinski definition) is 2. The third-order valence-corrected chi connectivity index (χ3v) is 13.4. The van der Waals surface area contributed by atoms with E-state index in [4.69, 9.17) is 16.2 Å². The summed E-state index contributed by atoms with van der Waals surface area (Å²) in [7, 11) is 1.50. The molecule has 36 heavy (non-hydrogen) atoms. The number of hydrogen-bond acceptors (Lipinski definition) is 5. The number of fused-ring (bicyclic) bond motifs is 7. The number of ether oxygens (including phenoxy) is 1. The first-order chi connectivity index (χ1) is 16.5. The number of carbonyl (C=O) groups excluding carboxylic acids is 2. The van der Waals surface area contributed by atoms with Crippen LogP contribution in [-0.4, -0.2) is 30.9 Å². The highest BCUT2D eigenvalue weighted by atomic mass is 16.5. The maximum atomic E-state index is 14.4. The Morgan fingerprint density at radius 3 is 2.22 bits per heavy atom. The minimum atomic E-state index is -0.487. The summed E-state index contributed by atoms with van der Waals surface area (Å²) in [5.41, 5.74) is 13.9. The SMILES string of the molecule is COC(=O)[C@@]1(C)CC[C@]2(C)CC[C@]3(C)C(=CC(=O)[C@@H]4[C@@]5(C)C[C@H](N)[C@@H](N)C(C)(C)[C@@H]5CC[C@]43C)[C@@H]2C1. The highest BCUT2D eigenvalue weighted by Crippen LogP contribution is 2.75. The van der Waals surface area contributed by atoms with Gasteiger partial charge in [0.25, 0.3) is 0 Å². The van der Waals surface area contributed by atoms with Gasteiger partial charge in [0.1, 0.15) is 0 Å². The van der Waals surface area contributed by atoms with E-state index in [-0.39, 0.29) is 57.0 Å². The van der Waals surface area contributed by atoms with Gasteiger partial charge in [-0.05, 0) is 103 Å². The van der Waals surface area contributed by atoms with Crippen molar-refractivity contribution in [2.24, 2.45) is 61.7 Å². The maximum absolute atomic E-state index is 14.4. The molecule has 0 saturated heterocycles. The van der Waals surface area contributed by atoms with Crippen molar-refractivity contribution < 1.29 is 14.3 Å². The molecule has 0 radical (unpaired) electrons. The van der Waals surface area contributed by atoms with Gasteiger partial charge in [-0.15, -0.1) is 0 Å². The zero-order valence-electron chi connectivity index (χ0n) is 24.0. The van der Waals surface area contributed by atoms with E-state index in [9.17, 15) is 9.59 Å². The number of esters is 1. The summed E-state index contributed by atoms with van der Waals surface area (Å²) in [6.45, 7) is 16.3. The molecule has 0 aromatic heterocycles. The second-order valence-electron chi connectivity index (χ2n) is 15.5. The van der Waals surface area contributed by atoms with E-state index in [0.29, 0.717) is 11.7 Å². The lowest BCUT2D eigenvalue weighted by Crippen LogP contribution is -2.70. The molecule has 5 heteroatoms. The standard InChI is InChI=1S/C31H50N2O3/c1-26(2)22-9-10-31(7)23(29(22,5)17-20(32)24(26)33)21(34)15-18-19-16-28(4,25(35)36-8)12-11-27(19,3)13-14-30(18,31)6/h15,19-20,22-24H,9-14,16-17,32-33H2,1-8H3/t19-,20-,22-,23+,24+,27+,28-,29-,30+,31+/m0/s1. The van der Waals surface area contributed by atoms with E-state index in [1.54, 1.807) is 0 Å². The minimum absolute atomic E-state index is 0.0461. The lowest BCUT2D eigenvalue weighted by atomic mass is 9.33. The molecule has 5 rings (SSSR count). The van der Waals surface area contributed by atoms with Crippen LogP contribution in [0.5, 0.6) is 0 Å². The van der Waals surface area contributed by atoms with Crippen LogP contribution in [0.4, 0.5) is 0 Å². The van der Waals surface area contributed by atoms with Crippen LogP contribution in [-0.2, 0) is 14.3 Å². The highest BCUT2D eigenvalue weighted by molar-refractivity contribution is 5.95. The Hall–Kier alpha value is -1.20. The first-order valence-corrected chi connectivity index (χ1v) is 14.4. The van der Waals surface area contributed by atoms with Gasteiger partial charge in [0.15, 0.2) is 5.78 Å². The Morgan fingerprint density at radius 2 is 1.58 bits per heavy atom. The molecule has 0 aliphatic heterocycles. The van der Waals surface area contributed by atoms with Crippen LogP contribution in [0, 0.1) is 50.2 Å². The number of allylic oxidation sites excluding steroid dienone is 2. The van der Waals surface area contributed by atoms with Crippen molar-refractivity contribution in [3.8, 4) is 0 Å². The Morgan fingerprint density at radius 1 is 0.944 bits per heavy atom. The van der Waals surface area contributed by atoms with Crippen molar-refractivity contribution in [1.82, 2.24) is 0 Å². The summed E-state index contributed by atoms with van der Waals surface area (Å²) >= 11 is 0. The first-order valence-electron chi connectivity index (χ1n) is 14.4. The predicted octanol–water partition coefficient (Wildman–Crippen LogP) is 5.40. The zero-order valence-corrected chi connectivity index (χ0v) is 24.0. The van der Waals surface area contributed by atoms with Gasteiger partial charge in [-0.1, -0.05) is 47.1 Å². The third-order valence-electron chi connectivity index (χ3n) is 13.4. The molecule has 0 heterocycles. The van der Waals surface area contributed by atoms with Crippen LogP contribution in [0.3, 0.4) is 0 Å². The van der Waals surface area contributed by atoms with Gasteiger partial charge < -0.3 is 16.2 Å². The summed E-state index contributed by atoms with van der Waals surface area (Å²) in [6.07, 6.45) is 9.91. The molecule has 5 nitrogen and oxygen atoms in total. The monoisotopic (exact) mass is 498 g/mol. The van der Waals surface area contributed by atoms with E-state index in [1.165, 1.54) is 12.7 Å². The summed E-state index contributed by atoms with van der Waals surface area (Å²) in [4.78, 5) is 27.2. The average Bonchev–Trinajstić information content (AvgIpc) is 2.79. The van der Waals surface area contributed by atoms with Crippen LogP contribution in [0.25, 0.3) is 0 Å². The topological polar surface area (TPSA) is 95.4 Å². The lowest BCUT2D eigenvalue weighted by molar-refractivity contribution is -0.190. The molecule has 0 aromatic carbocycles. The largest absolute Gasteiger partial charge is 0.469 e. The van der Waals surface area contributed by atoms with Crippen LogP contribution >= 0.6 is 0 Å². The molecule has 0 spiro atoms. The van der Waals surface area contributed by atoms with Crippen LogP contribution in [0.1, 0.15) is 99.8 Å². The Kier molecular flexibility index (Phi) is 5.64. The maximum Gasteiger partial charge on any atom is 0.311 e. The molecule has 4 saturated carbocycles. The number of nitrogens with two attached hydrogens (primary N) is 2. The second-order valence-corrected chi connectivity index (χ2v) is 15.5. The molecule has 202 valence electrons. The smallest absolute Gasteiger partial charge is 0.311 e. The molecule has 10 atom stereocenters. The fraction of sp³-hybridized carbons (Fsp3) is 0.871. The van der Waals surface area contributed by atoms with E-state index in [1.807, 2.05) is 0 Å². The molecule has 4 fully saturated rings. The van der Waals surface area contributed by atoms with Gasteiger partial charge in [-0.25, -0.2) is 0 Å². The molecule has 0 bridgehead atoms. The van der Waals surface area contributed by atoms with Gasteiger partial charge in [-0.2, -0.15) is 0 Å². The van der Waals surface area contributed by atoms with Crippen LogP contribution < -0.4 is 11.5 Å². The van der Waals surface area contributed by atoms with Crippen LogP contribution in [0.15, 0.2) is 11.6 Å².